The summed E-state index contributed by atoms with van der Waals surface area (Å²) in [5.74, 6) is 0.511. The quantitative estimate of drug-likeness (QED) is 0.0323. The van der Waals surface area contributed by atoms with Crippen molar-refractivity contribution in [3.05, 3.63) is 0 Å². The molecule has 0 aromatic carbocycles. The number of Topliss-reactive ketones (excluding diaryl/α,β-unsaturated/α-hetero) is 1. The minimum Gasteiger partial charge on any atom is -0.396 e. The Hall–Kier alpha value is -1.67. The van der Waals surface area contributed by atoms with E-state index < -0.39 is 0 Å². The van der Waals surface area contributed by atoms with E-state index in [-0.39, 0.29) is 38.2 Å². The number of hydrogen-bond donors (Lipinski definition) is 6. The number of unbranched alkanes of at least 4 members (excludes halogenated alkanes) is 36. The van der Waals surface area contributed by atoms with Crippen molar-refractivity contribution in [2.45, 2.75) is 303 Å². The largest absolute Gasteiger partial charge is 0.396 e. The van der Waals surface area contributed by atoms with Crippen molar-refractivity contribution in [1.82, 2.24) is 25.3 Å². The molecule has 6 N–H and O–H groups in total. The lowest BCUT2D eigenvalue weighted by Gasteiger charge is -2.26. The second kappa shape index (κ2) is 66.8. The normalized spacial score (nSPS) is 11.5. The molecule has 0 spiro atoms. The third-order valence-electron chi connectivity index (χ3n) is 15.4. The van der Waals surface area contributed by atoms with Crippen LogP contribution in [0.5, 0.6) is 0 Å². The molecule has 0 atom stereocenters. The fourth-order valence-electron chi connectivity index (χ4n) is 10.2. The average Bonchev–Trinajstić information content (AvgIpc) is 3.43. The lowest BCUT2D eigenvalue weighted by atomic mass is 10.0. The Morgan fingerprint density at radius 1 is 0.260 bits per heavy atom. The van der Waals surface area contributed by atoms with Gasteiger partial charge in [0.15, 0.2) is 0 Å². The van der Waals surface area contributed by atoms with Gasteiger partial charge in [-0.25, -0.2) is 0 Å². The molecule has 0 saturated carbocycles. The number of rotatable bonds is 63. The molecule has 77 heavy (non-hydrogen) atoms. The molecule has 0 aliphatic carbocycles. The van der Waals surface area contributed by atoms with E-state index in [0.717, 1.165) is 64.6 Å². The monoisotopic (exact) mass is 1100 g/mol. The molecule has 12 nitrogen and oxygen atoms in total. The van der Waals surface area contributed by atoms with Crippen LogP contribution in [-0.4, -0.2) is 151 Å². The zero-order chi connectivity index (χ0) is 56.6. The molecule has 460 valence electrons. The molecule has 0 aromatic heterocycles. The van der Waals surface area contributed by atoms with Crippen molar-refractivity contribution in [1.29, 1.82) is 0 Å². The summed E-state index contributed by atoms with van der Waals surface area (Å²) >= 11 is 0. The van der Waals surface area contributed by atoms with Crippen molar-refractivity contribution >= 4 is 17.6 Å². The molecule has 0 aliphatic rings. The summed E-state index contributed by atoms with van der Waals surface area (Å²) in [6.45, 7) is 14.8. The van der Waals surface area contributed by atoms with Crippen LogP contribution in [0.4, 0.5) is 0 Å². The standard InChI is InChI=1S/C41H83N3O4.C24H50N2O3/c1-3-5-7-9-11-13-15-17-18-20-22-24-26-28-40(47)29-32-43(36-38-45)34-35-44(37-39-46)33-30-41(48)42-31-27-25-23-21-19-16-14-12-10-8-6-4-2;1-2-3-4-5-6-7-8-9-10-11-12-14-18-25-24(29)17-20-26(21-23-28)19-15-13-16-22-27/h45-46H,3-39H2,1-2H3,(H,42,48);27-28H,2-23H2,1H3,(H,25,29). The highest BCUT2D eigenvalue weighted by atomic mass is 16.3. The van der Waals surface area contributed by atoms with Gasteiger partial charge in [0.2, 0.25) is 11.8 Å². The number of ketones is 1. The molecule has 0 saturated heterocycles. The van der Waals surface area contributed by atoms with Crippen LogP contribution in [-0.2, 0) is 14.4 Å². The number of aliphatic hydroxyl groups excluding tert-OH is 4. The highest BCUT2D eigenvalue weighted by molar-refractivity contribution is 5.78. The van der Waals surface area contributed by atoms with Crippen molar-refractivity contribution in [2.75, 3.05) is 98.4 Å². The van der Waals surface area contributed by atoms with Gasteiger partial charge in [-0.05, 0) is 45.1 Å². The van der Waals surface area contributed by atoms with Crippen molar-refractivity contribution in [3.63, 3.8) is 0 Å². The predicted molar refractivity (Wildman–Crippen MR) is 329 cm³/mol. The molecule has 0 aromatic rings. The fraction of sp³-hybridized carbons (Fsp3) is 0.954. The van der Waals surface area contributed by atoms with Gasteiger partial charge in [-0.2, -0.15) is 0 Å². The smallest absolute Gasteiger partial charge is 0.221 e. The summed E-state index contributed by atoms with van der Waals surface area (Å²) in [5.41, 5.74) is 0. The number of carbonyl (C=O) groups excluding carboxylic acids is 3. The van der Waals surface area contributed by atoms with Gasteiger partial charge in [0.05, 0.1) is 19.8 Å². The van der Waals surface area contributed by atoms with E-state index in [1.54, 1.807) is 0 Å². The maximum Gasteiger partial charge on any atom is 0.221 e. The topological polar surface area (TPSA) is 166 Å². The zero-order valence-corrected chi connectivity index (χ0v) is 51.6. The molecule has 0 heterocycles. The van der Waals surface area contributed by atoms with Crippen LogP contribution in [0.3, 0.4) is 0 Å². The summed E-state index contributed by atoms with van der Waals surface area (Å²) < 4.78 is 0. The first-order valence-corrected chi connectivity index (χ1v) is 33.5. The average molecular weight is 1100 g/mol. The summed E-state index contributed by atoms with van der Waals surface area (Å²) in [6.07, 6.45) is 53.7. The van der Waals surface area contributed by atoms with Crippen LogP contribution < -0.4 is 10.6 Å². The Kier molecular flexibility index (Phi) is 67.2. The second-order valence-electron chi connectivity index (χ2n) is 22.7. The Labute approximate surface area is 477 Å². The molecule has 2 amide bonds. The van der Waals surface area contributed by atoms with Crippen LogP contribution in [0, 0.1) is 0 Å². The summed E-state index contributed by atoms with van der Waals surface area (Å²) in [7, 11) is 0. The van der Waals surface area contributed by atoms with Crippen LogP contribution >= 0.6 is 0 Å². The molecule has 0 fully saturated rings. The molecule has 0 bridgehead atoms. The van der Waals surface area contributed by atoms with Gasteiger partial charge in [-0.1, -0.05) is 239 Å². The summed E-state index contributed by atoms with van der Waals surface area (Å²) in [5, 5.41) is 43.2. The van der Waals surface area contributed by atoms with Gasteiger partial charge < -0.3 is 36.0 Å². The van der Waals surface area contributed by atoms with Crippen molar-refractivity contribution in [3.8, 4) is 0 Å². The van der Waals surface area contributed by atoms with Crippen LogP contribution in [0.1, 0.15) is 303 Å². The highest BCUT2D eigenvalue weighted by Gasteiger charge is 2.13. The van der Waals surface area contributed by atoms with Gasteiger partial charge in [0.25, 0.3) is 0 Å². The fourth-order valence-corrected chi connectivity index (χ4v) is 10.2. The van der Waals surface area contributed by atoms with Gasteiger partial charge in [-0.3, -0.25) is 24.2 Å². The summed E-state index contributed by atoms with van der Waals surface area (Å²) in [4.78, 5) is 43.3. The Bertz CT molecular complexity index is 1130. The zero-order valence-electron chi connectivity index (χ0n) is 51.6. The number of hydrogen-bond acceptors (Lipinski definition) is 10. The molecule has 0 aliphatic heterocycles. The van der Waals surface area contributed by atoms with Gasteiger partial charge in [-0.15, -0.1) is 0 Å². The van der Waals surface area contributed by atoms with E-state index in [9.17, 15) is 24.6 Å². The maximum absolute atomic E-state index is 12.5. The Balaban J connectivity index is 0. The molecular formula is C65H133N5O7. The Morgan fingerprint density at radius 2 is 0.532 bits per heavy atom. The third kappa shape index (κ3) is 63.4. The second-order valence-corrected chi connectivity index (χ2v) is 22.7. The predicted octanol–water partition coefficient (Wildman–Crippen LogP) is 13.9. The maximum atomic E-state index is 12.5. The molecule has 12 heteroatoms. The van der Waals surface area contributed by atoms with E-state index in [1.165, 1.54) is 212 Å². The van der Waals surface area contributed by atoms with E-state index in [0.29, 0.717) is 83.8 Å². The number of amides is 2. The lowest BCUT2D eigenvalue weighted by molar-refractivity contribution is -0.122. The van der Waals surface area contributed by atoms with Gasteiger partial charge in [0.1, 0.15) is 5.78 Å². The van der Waals surface area contributed by atoms with E-state index in [2.05, 4.69) is 46.1 Å². The van der Waals surface area contributed by atoms with Gasteiger partial charge in [0, 0.05) is 97.7 Å². The van der Waals surface area contributed by atoms with E-state index in [1.807, 2.05) is 0 Å². The SMILES string of the molecule is CCCCCCCCCCCCCCCC(=O)CCN(CCO)CCN(CCO)CCC(=O)NCCCCCCCCCCCCCC.CCCCCCCCCCCCCCNC(=O)CCN(CCO)CCCCCO. The molecule has 0 radical (unpaired) electrons. The number of aliphatic hydroxyl groups is 4. The number of nitrogens with one attached hydrogen (secondary N) is 2. The summed E-state index contributed by atoms with van der Waals surface area (Å²) in [6, 6.07) is 0. The van der Waals surface area contributed by atoms with E-state index >= 15 is 0 Å². The minimum atomic E-state index is 0.0537. The van der Waals surface area contributed by atoms with Gasteiger partial charge >= 0.3 is 0 Å². The molecule has 0 rings (SSSR count). The van der Waals surface area contributed by atoms with E-state index in [4.69, 9.17) is 10.2 Å². The third-order valence-corrected chi connectivity index (χ3v) is 15.4. The first-order valence-electron chi connectivity index (χ1n) is 33.5. The first-order chi connectivity index (χ1) is 37.8. The van der Waals surface area contributed by atoms with Crippen molar-refractivity contribution in [2.24, 2.45) is 0 Å². The number of carbonyl (C=O) groups is 3. The van der Waals surface area contributed by atoms with Crippen LogP contribution in [0.15, 0.2) is 0 Å². The highest BCUT2D eigenvalue weighted by Crippen LogP contribution is 2.16. The van der Waals surface area contributed by atoms with Crippen molar-refractivity contribution < 1.29 is 34.8 Å². The molecular weight excluding hydrogens is 963 g/mol. The van der Waals surface area contributed by atoms with Crippen LogP contribution in [0.25, 0.3) is 0 Å². The minimum absolute atomic E-state index is 0.0537. The number of nitrogens with zero attached hydrogens (tertiary/aromatic N) is 3. The molecule has 0 unspecified atom stereocenters. The Morgan fingerprint density at radius 3 is 0.844 bits per heavy atom. The first kappa shape index (κ1) is 77.4. The van der Waals surface area contributed by atoms with Crippen LogP contribution in [0.2, 0.25) is 0 Å². The lowest BCUT2D eigenvalue weighted by Crippen LogP contribution is -2.40.